The number of nitrogens with zero attached hydrogens (tertiary/aromatic N) is 4. The predicted molar refractivity (Wildman–Crippen MR) is 165 cm³/mol. The quantitative estimate of drug-likeness (QED) is 0.248. The van der Waals surface area contributed by atoms with Gasteiger partial charge in [0.25, 0.3) is 5.91 Å². The van der Waals surface area contributed by atoms with Gasteiger partial charge >= 0.3 is 0 Å². The van der Waals surface area contributed by atoms with E-state index in [1.807, 2.05) is 31.2 Å². The molecule has 0 saturated carbocycles. The third-order valence-corrected chi connectivity index (χ3v) is 7.63. The van der Waals surface area contributed by atoms with Crippen LogP contribution in [0.5, 0.6) is 5.75 Å². The third-order valence-electron chi connectivity index (χ3n) is 7.63. The van der Waals surface area contributed by atoms with Crippen molar-refractivity contribution >= 4 is 29.1 Å². The van der Waals surface area contributed by atoms with Gasteiger partial charge in [0, 0.05) is 63.8 Å². The van der Waals surface area contributed by atoms with Crippen molar-refractivity contribution in [2.24, 2.45) is 5.41 Å². The Balaban J connectivity index is 1.25. The zero-order valence-electron chi connectivity index (χ0n) is 25.5. The fraction of sp³-hybridized carbons (Fsp3) is 0.394. The number of aryl methyl sites for hydroxylation is 1. The lowest BCUT2D eigenvalue weighted by Crippen LogP contribution is -2.47. The van der Waals surface area contributed by atoms with Gasteiger partial charge in [0.1, 0.15) is 17.0 Å². The van der Waals surface area contributed by atoms with Crippen LogP contribution in [0.4, 0.5) is 15.8 Å². The molecule has 0 atom stereocenters. The number of rotatable bonds is 12. The number of anilines is 2. The number of amides is 3. The number of hydrogen-bond acceptors (Lipinski definition) is 6. The van der Waals surface area contributed by atoms with Crippen molar-refractivity contribution in [3.05, 3.63) is 83.4 Å². The molecule has 4 rings (SSSR count). The average Bonchev–Trinajstić information content (AvgIpc) is 3.05. The first-order chi connectivity index (χ1) is 20.5. The lowest BCUT2D eigenvalue weighted by Gasteiger charge is -2.27. The Morgan fingerprint density at radius 2 is 1.86 bits per heavy atom. The van der Waals surface area contributed by atoms with Gasteiger partial charge in [-0.1, -0.05) is 6.07 Å². The molecule has 0 aliphatic carbocycles. The summed E-state index contributed by atoms with van der Waals surface area (Å²) < 4.78 is 19.4. The van der Waals surface area contributed by atoms with Crippen molar-refractivity contribution in [2.75, 3.05) is 50.1 Å². The van der Waals surface area contributed by atoms with E-state index in [9.17, 15) is 18.8 Å². The molecule has 3 aromatic rings. The van der Waals surface area contributed by atoms with Crippen LogP contribution in [0.2, 0.25) is 0 Å². The van der Waals surface area contributed by atoms with Crippen molar-refractivity contribution in [3.63, 3.8) is 0 Å². The number of aromatic nitrogens is 1. The highest BCUT2D eigenvalue weighted by atomic mass is 19.1. The number of fused-ring (bicyclic) bond motifs is 1. The van der Waals surface area contributed by atoms with Gasteiger partial charge in [-0.2, -0.15) is 0 Å². The van der Waals surface area contributed by atoms with Crippen LogP contribution in [0.3, 0.4) is 0 Å². The van der Waals surface area contributed by atoms with Crippen molar-refractivity contribution in [2.45, 2.75) is 40.2 Å². The molecule has 0 bridgehead atoms. The molecule has 9 nitrogen and oxygen atoms in total. The van der Waals surface area contributed by atoms with Crippen LogP contribution < -0.4 is 19.9 Å². The molecule has 10 heteroatoms. The fourth-order valence-corrected chi connectivity index (χ4v) is 5.11. The van der Waals surface area contributed by atoms with E-state index in [4.69, 9.17) is 4.74 Å². The number of pyridine rings is 1. The van der Waals surface area contributed by atoms with Gasteiger partial charge in [-0.3, -0.25) is 19.4 Å². The van der Waals surface area contributed by atoms with E-state index in [-0.39, 0.29) is 17.7 Å². The van der Waals surface area contributed by atoms with E-state index in [0.29, 0.717) is 55.5 Å². The lowest BCUT2D eigenvalue weighted by molar-refractivity contribution is -0.137. The number of nitrogens with one attached hydrogen (secondary N) is 1. The maximum absolute atomic E-state index is 13.4. The van der Waals surface area contributed by atoms with E-state index in [0.717, 1.165) is 24.1 Å². The zero-order chi connectivity index (χ0) is 31.1. The van der Waals surface area contributed by atoms with Crippen LogP contribution in [0.1, 0.15) is 48.8 Å². The van der Waals surface area contributed by atoms with Crippen LogP contribution in [0.15, 0.2) is 60.8 Å². The summed E-state index contributed by atoms with van der Waals surface area (Å²) in [7, 11) is 3.39. The van der Waals surface area contributed by atoms with Gasteiger partial charge in [0.2, 0.25) is 11.8 Å². The molecule has 0 unspecified atom stereocenters. The Morgan fingerprint density at radius 3 is 2.60 bits per heavy atom. The number of benzene rings is 2. The highest BCUT2D eigenvalue weighted by Crippen LogP contribution is 2.40. The van der Waals surface area contributed by atoms with Gasteiger partial charge in [-0.15, -0.1) is 0 Å². The summed E-state index contributed by atoms with van der Waals surface area (Å²) in [5.74, 6) is -0.482. The third kappa shape index (κ3) is 7.37. The smallest absolute Gasteiger partial charge is 0.253 e. The van der Waals surface area contributed by atoms with Crippen molar-refractivity contribution in [1.29, 1.82) is 0 Å². The largest absolute Gasteiger partial charge is 0.494 e. The summed E-state index contributed by atoms with van der Waals surface area (Å²) in [6.45, 7) is 7.86. The Bertz CT molecular complexity index is 1480. The van der Waals surface area contributed by atoms with E-state index < -0.39 is 11.2 Å². The number of carbonyl (C=O) groups is 3. The standard InChI is InChI=1S/C33H40FN5O4/c1-6-39-28-13-12-27(21-29(28)38(5)31(41)33(2,3)32(39)42)43-18-8-11-26-19-23(14-15-36-26)22-35-16-17-37(4)30(40)24-9-7-10-25(34)20-24/h7,9-10,12-15,19-21,35H,6,8,11,16-18,22H2,1-5H3. The molecule has 0 saturated heterocycles. The SMILES string of the molecule is CCN1C(=O)C(C)(C)C(=O)N(C)c2cc(OCCCc3cc(CNCCN(C)C(=O)c4cccc(F)c4)ccn3)ccc21. The Hall–Kier alpha value is -4.31. The van der Waals surface area contributed by atoms with Gasteiger partial charge in [0.15, 0.2) is 0 Å². The monoisotopic (exact) mass is 589 g/mol. The molecule has 228 valence electrons. The summed E-state index contributed by atoms with van der Waals surface area (Å²) >= 11 is 0. The summed E-state index contributed by atoms with van der Waals surface area (Å²) in [4.78, 5) is 47.8. The highest BCUT2D eigenvalue weighted by molar-refractivity contribution is 6.20. The van der Waals surface area contributed by atoms with Crippen LogP contribution in [0.25, 0.3) is 0 Å². The average molecular weight is 590 g/mol. The first-order valence-electron chi connectivity index (χ1n) is 14.6. The molecular weight excluding hydrogens is 549 g/mol. The maximum atomic E-state index is 13.4. The minimum absolute atomic E-state index is 0.215. The van der Waals surface area contributed by atoms with E-state index in [1.165, 1.54) is 18.2 Å². The molecule has 0 spiro atoms. The summed E-state index contributed by atoms with van der Waals surface area (Å²) in [6, 6.07) is 15.2. The molecule has 3 amide bonds. The minimum atomic E-state index is -1.15. The molecule has 2 aromatic carbocycles. The Labute approximate surface area is 252 Å². The van der Waals surface area contributed by atoms with Crippen LogP contribution in [-0.4, -0.2) is 67.9 Å². The summed E-state index contributed by atoms with van der Waals surface area (Å²) in [6.07, 6.45) is 3.26. The first kappa shape index (κ1) is 31.6. The molecule has 1 aromatic heterocycles. The molecule has 1 aliphatic heterocycles. The molecule has 1 aliphatic rings. The maximum Gasteiger partial charge on any atom is 0.253 e. The second kappa shape index (κ2) is 13.8. The number of ether oxygens (including phenoxy) is 1. The van der Waals surface area contributed by atoms with Gasteiger partial charge in [-0.25, -0.2) is 4.39 Å². The molecule has 0 radical (unpaired) electrons. The molecule has 2 heterocycles. The number of likely N-dealkylation sites (N-methyl/N-ethyl adjacent to an activating group) is 1. The normalized spacial score (nSPS) is 14.4. The van der Waals surface area contributed by atoms with Crippen LogP contribution in [0, 0.1) is 11.2 Å². The van der Waals surface area contributed by atoms with Crippen molar-refractivity contribution < 1.29 is 23.5 Å². The van der Waals surface area contributed by atoms with Crippen molar-refractivity contribution in [1.82, 2.24) is 15.2 Å². The fourth-order valence-electron chi connectivity index (χ4n) is 5.11. The first-order valence-corrected chi connectivity index (χ1v) is 14.6. The molecular formula is C33H40FN5O4. The molecule has 1 N–H and O–H groups in total. The minimum Gasteiger partial charge on any atom is -0.494 e. The van der Waals surface area contributed by atoms with Crippen molar-refractivity contribution in [3.8, 4) is 5.75 Å². The second-order valence-corrected chi connectivity index (χ2v) is 11.2. The highest BCUT2D eigenvalue weighted by Gasteiger charge is 2.45. The molecule has 43 heavy (non-hydrogen) atoms. The summed E-state index contributed by atoms with van der Waals surface area (Å²) in [5, 5.41) is 3.34. The lowest BCUT2D eigenvalue weighted by atomic mass is 9.90. The molecule has 0 fully saturated rings. The Morgan fingerprint density at radius 1 is 1.07 bits per heavy atom. The van der Waals surface area contributed by atoms with Gasteiger partial charge in [-0.05, 0) is 81.6 Å². The van der Waals surface area contributed by atoms with Crippen LogP contribution in [-0.2, 0) is 22.6 Å². The van der Waals surface area contributed by atoms with E-state index in [1.54, 1.807) is 54.9 Å². The Kier molecular flexibility index (Phi) is 10.1. The number of halogens is 1. The summed E-state index contributed by atoms with van der Waals surface area (Å²) in [5.41, 5.74) is 2.56. The predicted octanol–water partition coefficient (Wildman–Crippen LogP) is 4.45. The second-order valence-electron chi connectivity index (χ2n) is 11.2. The van der Waals surface area contributed by atoms with Gasteiger partial charge in [0.05, 0.1) is 18.0 Å². The number of hydrogen-bond donors (Lipinski definition) is 1. The zero-order valence-corrected chi connectivity index (χ0v) is 25.5. The van der Waals surface area contributed by atoms with E-state index >= 15 is 0 Å². The van der Waals surface area contributed by atoms with Gasteiger partial charge < -0.3 is 24.8 Å². The number of carbonyl (C=O) groups excluding carboxylic acids is 3. The van der Waals surface area contributed by atoms with E-state index in [2.05, 4.69) is 16.4 Å². The van der Waals surface area contributed by atoms with Crippen LogP contribution >= 0.6 is 0 Å². The topological polar surface area (TPSA) is 95.1 Å².